The number of carbonyl (C=O) groups excluding carboxylic acids is 2. The summed E-state index contributed by atoms with van der Waals surface area (Å²) in [7, 11) is 0. The molecular formula is C20H28N4O3. The van der Waals surface area contributed by atoms with Crippen molar-refractivity contribution in [2.45, 2.75) is 63.2 Å². The zero-order valence-corrected chi connectivity index (χ0v) is 15.8. The molecule has 2 amide bonds. The average Bonchev–Trinajstić information content (AvgIpc) is 3.32. The molecule has 0 radical (unpaired) electrons. The van der Waals surface area contributed by atoms with Crippen molar-refractivity contribution in [2.75, 3.05) is 26.2 Å². The average molecular weight is 372 g/mol. The van der Waals surface area contributed by atoms with Crippen molar-refractivity contribution in [3.8, 4) is 0 Å². The van der Waals surface area contributed by atoms with E-state index in [2.05, 4.69) is 9.55 Å². The number of amides is 2. The predicted molar refractivity (Wildman–Crippen MR) is 97.7 cm³/mol. The maximum atomic E-state index is 13.0. The maximum Gasteiger partial charge on any atom is 0.253 e. The Morgan fingerprint density at radius 1 is 1.00 bits per heavy atom. The number of hydrogen-bond acceptors (Lipinski definition) is 4. The standard InChI is InChI=1S/C20H28N4O3/c25-17(15-4-3-5-15)23-11-6-20(7-12-23)19-21-8-13-24(19)14-16(27-20)18(26)22-9-1-2-10-22/h8,13,15-16H,1-7,9-12,14H2. The fourth-order valence-corrected chi connectivity index (χ4v) is 5.01. The molecule has 27 heavy (non-hydrogen) atoms. The number of ether oxygens (including phenoxy) is 1. The van der Waals surface area contributed by atoms with Gasteiger partial charge in [-0.25, -0.2) is 4.98 Å². The lowest BCUT2D eigenvalue weighted by atomic mass is 9.82. The number of aromatic nitrogens is 2. The van der Waals surface area contributed by atoms with Crippen LogP contribution in [0.5, 0.6) is 0 Å². The van der Waals surface area contributed by atoms with Crippen LogP contribution in [0.3, 0.4) is 0 Å². The van der Waals surface area contributed by atoms with Gasteiger partial charge in [-0.05, 0) is 25.7 Å². The SMILES string of the molecule is O=C(C1CCC1)N1CCC2(CC1)OC(C(=O)N1CCCC1)Cn1ccnc12. The second-order valence-electron chi connectivity index (χ2n) is 8.49. The second kappa shape index (κ2) is 6.62. The maximum absolute atomic E-state index is 13.0. The Kier molecular flexibility index (Phi) is 4.22. The summed E-state index contributed by atoms with van der Waals surface area (Å²) in [4.78, 5) is 34.1. The quantitative estimate of drug-likeness (QED) is 0.789. The Morgan fingerprint density at radius 2 is 1.70 bits per heavy atom. The third-order valence-electron chi connectivity index (χ3n) is 6.88. The molecule has 1 atom stereocenters. The van der Waals surface area contributed by atoms with Crippen LogP contribution >= 0.6 is 0 Å². The van der Waals surface area contributed by atoms with Gasteiger partial charge in [0.05, 0.1) is 6.54 Å². The molecule has 1 aromatic rings. The number of fused-ring (bicyclic) bond motifs is 2. The van der Waals surface area contributed by atoms with Gasteiger partial charge in [0.1, 0.15) is 11.4 Å². The van der Waals surface area contributed by atoms with E-state index in [1.54, 1.807) is 6.20 Å². The number of nitrogens with zero attached hydrogens (tertiary/aromatic N) is 4. The molecule has 1 unspecified atom stereocenters. The molecule has 1 aromatic heterocycles. The van der Waals surface area contributed by atoms with Crippen molar-refractivity contribution in [2.24, 2.45) is 5.92 Å². The van der Waals surface area contributed by atoms with Crippen molar-refractivity contribution in [1.29, 1.82) is 0 Å². The molecular weight excluding hydrogens is 344 g/mol. The van der Waals surface area contributed by atoms with Gasteiger partial charge in [0, 0.05) is 57.3 Å². The first-order chi connectivity index (χ1) is 13.2. The lowest BCUT2D eigenvalue weighted by Gasteiger charge is -2.46. The van der Waals surface area contributed by atoms with Crippen molar-refractivity contribution >= 4 is 11.8 Å². The van der Waals surface area contributed by atoms with Crippen molar-refractivity contribution in [3.05, 3.63) is 18.2 Å². The Hall–Kier alpha value is -1.89. The first kappa shape index (κ1) is 17.2. The van der Waals surface area contributed by atoms with E-state index in [1.807, 2.05) is 16.0 Å². The third-order valence-corrected chi connectivity index (χ3v) is 6.88. The van der Waals surface area contributed by atoms with Crippen molar-refractivity contribution < 1.29 is 14.3 Å². The summed E-state index contributed by atoms with van der Waals surface area (Å²) in [6, 6.07) is 0. The Labute approximate surface area is 159 Å². The molecule has 3 aliphatic heterocycles. The molecule has 0 aromatic carbocycles. The van der Waals surface area contributed by atoms with E-state index < -0.39 is 11.7 Å². The highest BCUT2D eigenvalue weighted by Crippen LogP contribution is 2.41. The molecule has 4 heterocycles. The van der Waals surface area contributed by atoms with Crippen LogP contribution in [0.25, 0.3) is 0 Å². The largest absolute Gasteiger partial charge is 0.352 e. The minimum atomic E-state index is -0.543. The molecule has 7 nitrogen and oxygen atoms in total. The van der Waals surface area contributed by atoms with Gasteiger partial charge in [-0.3, -0.25) is 9.59 Å². The lowest BCUT2D eigenvalue weighted by molar-refractivity contribution is -0.183. The van der Waals surface area contributed by atoms with E-state index in [0.29, 0.717) is 38.4 Å². The van der Waals surface area contributed by atoms with Crippen LogP contribution in [0.4, 0.5) is 0 Å². The number of hydrogen-bond donors (Lipinski definition) is 0. The van der Waals surface area contributed by atoms with E-state index in [-0.39, 0.29) is 11.8 Å². The van der Waals surface area contributed by atoms with E-state index >= 15 is 0 Å². The topological polar surface area (TPSA) is 67.7 Å². The van der Waals surface area contributed by atoms with Crippen molar-refractivity contribution in [3.63, 3.8) is 0 Å². The highest BCUT2D eigenvalue weighted by atomic mass is 16.5. The zero-order chi connectivity index (χ0) is 18.4. The Morgan fingerprint density at radius 3 is 2.37 bits per heavy atom. The molecule has 1 spiro atoms. The minimum absolute atomic E-state index is 0.110. The molecule has 4 aliphatic rings. The molecule has 0 N–H and O–H groups in total. The summed E-state index contributed by atoms with van der Waals surface area (Å²) in [6.45, 7) is 3.59. The predicted octanol–water partition coefficient (Wildman–Crippen LogP) is 1.52. The molecule has 1 aliphatic carbocycles. The van der Waals surface area contributed by atoms with Crippen molar-refractivity contribution in [1.82, 2.24) is 19.4 Å². The molecule has 0 bridgehead atoms. The van der Waals surface area contributed by atoms with Gasteiger partial charge in [0.2, 0.25) is 5.91 Å². The molecule has 1 saturated carbocycles. The van der Waals surface area contributed by atoms with Crippen LogP contribution in [-0.2, 0) is 26.5 Å². The van der Waals surface area contributed by atoms with Gasteiger partial charge in [-0.15, -0.1) is 0 Å². The van der Waals surface area contributed by atoms with Crippen LogP contribution in [0.15, 0.2) is 12.4 Å². The van der Waals surface area contributed by atoms with Gasteiger partial charge in [-0.2, -0.15) is 0 Å². The van der Waals surface area contributed by atoms with Gasteiger partial charge < -0.3 is 19.1 Å². The van der Waals surface area contributed by atoms with Crippen LogP contribution < -0.4 is 0 Å². The smallest absolute Gasteiger partial charge is 0.253 e. The molecule has 2 saturated heterocycles. The van der Waals surface area contributed by atoms with Gasteiger partial charge in [0.15, 0.2) is 6.10 Å². The Balaban J connectivity index is 1.34. The highest BCUT2D eigenvalue weighted by Gasteiger charge is 2.48. The summed E-state index contributed by atoms with van der Waals surface area (Å²) in [5, 5.41) is 0. The summed E-state index contributed by atoms with van der Waals surface area (Å²) < 4.78 is 8.58. The number of imidazole rings is 1. The fourth-order valence-electron chi connectivity index (χ4n) is 5.01. The molecule has 7 heteroatoms. The first-order valence-electron chi connectivity index (χ1n) is 10.4. The van der Waals surface area contributed by atoms with E-state index in [0.717, 1.165) is 44.6 Å². The van der Waals surface area contributed by atoms with Crippen LogP contribution in [0, 0.1) is 5.92 Å². The van der Waals surface area contributed by atoms with Gasteiger partial charge in [0.25, 0.3) is 5.91 Å². The molecule has 5 rings (SSSR count). The van der Waals surface area contributed by atoms with E-state index in [9.17, 15) is 9.59 Å². The second-order valence-corrected chi connectivity index (χ2v) is 8.49. The summed E-state index contributed by atoms with van der Waals surface area (Å²) in [5.41, 5.74) is -0.543. The number of carbonyl (C=O) groups is 2. The summed E-state index contributed by atoms with van der Waals surface area (Å²) >= 11 is 0. The lowest BCUT2D eigenvalue weighted by Crippen LogP contribution is -2.55. The fraction of sp³-hybridized carbons (Fsp3) is 0.750. The Bertz CT molecular complexity index is 727. The third kappa shape index (κ3) is 2.87. The number of rotatable bonds is 2. The van der Waals surface area contributed by atoms with Crippen LogP contribution in [0.2, 0.25) is 0 Å². The number of likely N-dealkylation sites (tertiary alicyclic amines) is 2. The van der Waals surface area contributed by atoms with E-state index in [4.69, 9.17) is 4.74 Å². The van der Waals surface area contributed by atoms with Gasteiger partial charge in [-0.1, -0.05) is 6.42 Å². The highest BCUT2D eigenvalue weighted by molar-refractivity contribution is 5.81. The molecule has 3 fully saturated rings. The van der Waals surface area contributed by atoms with E-state index in [1.165, 1.54) is 6.42 Å². The summed E-state index contributed by atoms with van der Waals surface area (Å²) in [5.74, 6) is 1.57. The normalized spacial score (nSPS) is 27.5. The number of piperidine rings is 1. The van der Waals surface area contributed by atoms with Crippen LogP contribution in [-0.4, -0.2) is 63.4 Å². The van der Waals surface area contributed by atoms with Crippen LogP contribution in [0.1, 0.15) is 50.8 Å². The zero-order valence-electron chi connectivity index (χ0n) is 15.8. The minimum Gasteiger partial charge on any atom is -0.352 e. The molecule has 146 valence electrons. The monoisotopic (exact) mass is 372 g/mol. The first-order valence-corrected chi connectivity index (χ1v) is 10.4. The summed E-state index contributed by atoms with van der Waals surface area (Å²) in [6.07, 6.45) is 10.1. The van der Waals surface area contributed by atoms with Gasteiger partial charge >= 0.3 is 0 Å².